The van der Waals surface area contributed by atoms with E-state index in [1.165, 1.54) is 13.1 Å². The van der Waals surface area contributed by atoms with E-state index in [-0.39, 0.29) is 11.1 Å². The summed E-state index contributed by atoms with van der Waals surface area (Å²) in [6.07, 6.45) is 5.17. The lowest BCUT2D eigenvalue weighted by atomic mass is 9.98. The third kappa shape index (κ3) is 3.85. The smallest absolute Gasteiger partial charge is 0.376 e. The van der Waals surface area contributed by atoms with Crippen LogP contribution in [0.2, 0.25) is 5.02 Å². The van der Waals surface area contributed by atoms with Crippen molar-refractivity contribution < 1.29 is 18.0 Å². The normalized spacial score (nSPS) is 18.5. The summed E-state index contributed by atoms with van der Waals surface area (Å²) in [5.41, 5.74) is 0.390. The van der Waals surface area contributed by atoms with Crippen molar-refractivity contribution in [2.75, 3.05) is 6.66 Å². The lowest BCUT2D eigenvalue weighted by Crippen LogP contribution is -2.16. The third-order valence-corrected chi connectivity index (χ3v) is 5.89. The van der Waals surface area contributed by atoms with Gasteiger partial charge in [0.2, 0.25) is 0 Å². The summed E-state index contributed by atoms with van der Waals surface area (Å²) in [5, 5.41) is 0.782. The Kier molecular flexibility index (Phi) is 5.05. The van der Waals surface area contributed by atoms with Gasteiger partial charge in [-0.15, -0.1) is 0 Å². The number of fused-ring (bicyclic) bond motifs is 1. The summed E-state index contributed by atoms with van der Waals surface area (Å²) < 4.78 is 29.0. The van der Waals surface area contributed by atoms with Crippen molar-refractivity contribution in [3.63, 3.8) is 0 Å². The molecule has 3 rings (SSSR count). The number of aryl methyl sites for hydroxylation is 1. The van der Waals surface area contributed by atoms with Gasteiger partial charge in [-0.3, -0.25) is 4.52 Å². The second-order valence-electron chi connectivity index (χ2n) is 6.21. The average Bonchev–Trinajstić information content (AvgIpc) is 2.52. The van der Waals surface area contributed by atoms with Crippen LogP contribution in [0.4, 0.5) is 0 Å². The highest BCUT2D eigenvalue weighted by molar-refractivity contribution is 7.53. The molecule has 1 heterocycles. The molecule has 0 aliphatic heterocycles. The van der Waals surface area contributed by atoms with Crippen LogP contribution in [0.3, 0.4) is 0 Å². The molecule has 2 aromatic rings. The topological polar surface area (TPSA) is 65.7 Å². The van der Waals surface area contributed by atoms with Crippen molar-refractivity contribution in [2.24, 2.45) is 0 Å². The number of hydrogen-bond acceptors (Lipinski definition) is 5. The van der Waals surface area contributed by atoms with Crippen LogP contribution in [0.5, 0.6) is 5.75 Å². The summed E-state index contributed by atoms with van der Waals surface area (Å²) >= 11 is 5.91. The first kappa shape index (κ1) is 17.5. The Balaban J connectivity index is 1.83. The largest absolute Gasteiger partial charge is 0.424 e. The highest BCUT2D eigenvalue weighted by Gasteiger charge is 2.26. The van der Waals surface area contributed by atoms with Gasteiger partial charge in [-0.05, 0) is 37.5 Å². The van der Waals surface area contributed by atoms with Crippen LogP contribution in [0.25, 0.3) is 11.0 Å². The Bertz CT molecular complexity index is 854. The molecule has 1 aliphatic rings. The maximum absolute atomic E-state index is 12.6. The Morgan fingerprint density at radius 3 is 2.67 bits per heavy atom. The zero-order chi connectivity index (χ0) is 17.3. The Morgan fingerprint density at radius 2 is 1.96 bits per heavy atom. The van der Waals surface area contributed by atoms with Gasteiger partial charge in [-0.25, -0.2) is 9.36 Å². The molecule has 1 unspecified atom stereocenters. The molecule has 0 amide bonds. The Hall–Kier alpha value is -1.29. The van der Waals surface area contributed by atoms with E-state index in [0.29, 0.717) is 22.3 Å². The van der Waals surface area contributed by atoms with Gasteiger partial charge in [0.05, 0.1) is 6.10 Å². The SMILES string of the molecule is Cc1c(Cl)c(=O)oc2cc(OP(C)(=O)OC3CCCCC3)ccc12. The van der Waals surface area contributed by atoms with E-state index < -0.39 is 13.2 Å². The summed E-state index contributed by atoms with van der Waals surface area (Å²) in [7, 11) is -3.24. The van der Waals surface area contributed by atoms with Crippen molar-refractivity contribution in [1.82, 2.24) is 0 Å². The lowest BCUT2D eigenvalue weighted by molar-refractivity contribution is 0.140. The molecule has 1 aliphatic carbocycles. The number of halogens is 1. The van der Waals surface area contributed by atoms with Crippen LogP contribution in [-0.4, -0.2) is 12.8 Å². The molecule has 1 saturated carbocycles. The molecule has 1 aromatic heterocycles. The number of hydrogen-bond donors (Lipinski definition) is 0. The molecule has 7 heteroatoms. The Labute approximate surface area is 145 Å². The molecular weight excluding hydrogens is 351 g/mol. The van der Waals surface area contributed by atoms with Crippen molar-refractivity contribution in [1.29, 1.82) is 0 Å². The lowest BCUT2D eigenvalue weighted by Gasteiger charge is -2.25. The zero-order valence-corrected chi connectivity index (χ0v) is 15.4. The van der Waals surface area contributed by atoms with Crippen LogP contribution in [-0.2, 0) is 9.09 Å². The molecule has 1 atom stereocenters. The monoisotopic (exact) mass is 370 g/mol. The first-order valence-electron chi connectivity index (χ1n) is 8.04. The van der Waals surface area contributed by atoms with Gasteiger partial charge in [-0.2, -0.15) is 0 Å². The Morgan fingerprint density at radius 1 is 1.25 bits per heavy atom. The average molecular weight is 371 g/mol. The van der Waals surface area contributed by atoms with Gasteiger partial charge in [0.1, 0.15) is 16.4 Å². The van der Waals surface area contributed by atoms with Crippen molar-refractivity contribution in [3.05, 3.63) is 39.2 Å². The first-order chi connectivity index (χ1) is 11.4. The maximum atomic E-state index is 12.6. The minimum Gasteiger partial charge on any atom is -0.424 e. The van der Waals surface area contributed by atoms with Crippen molar-refractivity contribution >= 4 is 30.2 Å². The van der Waals surface area contributed by atoms with Crippen LogP contribution < -0.4 is 10.1 Å². The minimum atomic E-state index is -3.24. The fourth-order valence-electron chi connectivity index (χ4n) is 3.02. The van der Waals surface area contributed by atoms with E-state index in [2.05, 4.69) is 0 Å². The number of benzene rings is 1. The molecule has 1 aromatic carbocycles. The van der Waals surface area contributed by atoms with Crippen LogP contribution in [0.15, 0.2) is 27.4 Å². The molecule has 0 bridgehead atoms. The predicted molar refractivity (Wildman–Crippen MR) is 94.3 cm³/mol. The van der Waals surface area contributed by atoms with E-state index >= 15 is 0 Å². The number of rotatable bonds is 4. The molecule has 24 heavy (non-hydrogen) atoms. The molecule has 0 N–H and O–H groups in total. The van der Waals surface area contributed by atoms with Gasteiger partial charge in [0.25, 0.3) is 0 Å². The molecule has 130 valence electrons. The molecule has 5 nitrogen and oxygen atoms in total. The van der Waals surface area contributed by atoms with Crippen molar-refractivity contribution in [3.8, 4) is 5.75 Å². The molecule has 0 spiro atoms. The highest BCUT2D eigenvalue weighted by atomic mass is 35.5. The fraction of sp³-hybridized carbons (Fsp3) is 0.471. The molecule has 0 saturated heterocycles. The molecule has 1 fully saturated rings. The predicted octanol–water partition coefficient (Wildman–Crippen LogP) is 5.31. The second-order valence-corrected chi connectivity index (χ2v) is 8.53. The van der Waals surface area contributed by atoms with Crippen LogP contribution in [0, 0.1) is 6.92 Å². The third-order valence-electron chi connectivity index (χ3n) is 4.23. The van der Waals surface area contributed by atoms with Gasteiger partial charge in [-0.1, -0.05) is 30.9 Å². The summed E-state index contributed by atoms with van der Waals surface area (Å²) in [4.78, 5) is 11.7. The zero-order valence-electron chi connectivity index (χ0n) is 13.7. The van der Waals surface area contributed by atoms with E-state index in [1.807, 2.05) is 0 Å². The molecular formula is C17H20ClO5P. The maximum Gasteiger partial charge on any atom is 0.376 e. The van der Waals surface area contributed by atoms with Gasteiger partial charge >= 0.3 is 13.2 Å². The van der Waals surface area contributed by atoms with Gasteiger partial charge < -0.3 is 8.94 Å². The first-order valence-corrected chi connectivity index (χ1v) is 10.4. The summed E-state index contributed by atoms with van der Waals surface area (Å²) in [5.74, 6) is 0.342. The quantitative estimate of drug-likeness (QED) is 0.539. The summed E-state index contributed by atoms with van der Waals surface area (Å²) in [6, 6.07) is 4.95. The standard InChI is InChI=1S/C17H20ClO5P/c1-11-14-9-8-13(10-15(14)21-17(19)16(11)18)23-24(2,20)22-12-6-4-3-5-7-12/h8-10,12H,3-7H2,1-2H3. The van der Waals surface area contributed by atoms with E-state index in [0.717, 1.165) is 25.7 Å². The van der Waals surface area contributed by atoms with Crippen molar-refractivity contribution in [2.45, 2.75) is 45.1 Å². The molecule has 0 radical (unpaired) electrons. The van der Waals surface area contributed by atoms with Crippen LogP contribution >= 0.6 is 19.2 Å². The highest BCUT2D eigenvalue weighted by Crippen LogP contribution is 2.47. The fourth-order valence-corrected chi connectivity index (χ4v) is 4.46. The second kappa shape index (κ2) is 6.91. The van der Waals surface area contributed by atoms with E-state index in [9.17, 15) is 9.36 Å². The van der Waals surface area contributed by atoms with E-state index in [4.69, 9.17) is 25.1 Å². The van der Waals surface area contributed by atoms with E-state index in [1.54, 1.807) is 25.1 Å². The van der Waals surface area contributed by atoms with Gasteiger partial charge in [0, 0.05) is 18.1 Å². The minimum absolute atomic E-state index is 0.0194. The van der Waals surface area contributed by atoms with Gasteiger partial charge in [0.15, 0.2) is 0 Å². The van der Waals surface area contributed by atoms with Crippen LogP contribution in [0.1, 0.15) is 37.7 Å². The summed E-state index contributed by atoms with van der Waals surface area (Å²) in [6.45, 7) is 3.22.